The summed E-state index contributed by atoms with van der Waals surface area (Å²) in [5.41, 5.74) is 5.86. The standard InChI is InChI=1S/C11H17FN4/c1-16(10-4-2-9(13)3-5-10)11-14-6-8(12)7-15-11/h6-7,9-10H,2-5,13H2,1H3. The van der Waals surface area contributed by atoms with Gasteiger partial charge in [-0.1, -0.05) is 0 Å². The average molecular weight is 224 g/mol. The zero-order valence-corrected chi connectivity index (χ0v) is 9.43. The van der Waals surface area contributed by atoms with Gasteiger partial charge in [-0.25, -0.2) is 14.4 Å². The molecule has 0 amide bonds. The lowest BCUT2D eigenvalue weighted by atomic mass is 9.91. The molecule has 2 N–H and O–H groups in total. The lowest BCUT2D eigenvalue weighted by Gasteiger charge is -2.33. The maximum Gasteiger partial charge on any atom is 0.225 e. The van der Waals surface area contributed by atoms with Gasteiger partial charge in [0.1, 0.15) is 0 Å². The molecule has 0 unspecified atom stereocenters. The van der Waals surface area contributed by atoms with Crippen LogP contribution in [0.3, 0.4) is 0 Å². The average Bonchev–Trinajstić information content (AvgIpc) is 2.30. The van der Waals surface area contributed by atoms with Crippen molar-refractivity contribution in [3.05, 3.63) is 18.2 Å². The van der Waals surface area contributed by atoms with Crippen LogP contribution in [0.25, 0.3) is 0 Å². The Hall–Kier alpha value is -1.23. The molecule has 0 saturated heterocycles. The Labute approximate surface area is 94.7 Å². The molecule has 0 atom stereocenters. The van der Waals surface area contributed by atoms with Crippen molar-refractivity contribution in [3.8, 4) is 0 Å². The highest BCUT2D eigenvalue weighted by Crippen LogP contribution is 2.23. The van der Waals surface area contributed by atoms with E-state index in [4.69, 9.17) is 5.73 Å². The molecule has 4 nitrogen and oxygen atoms in total. The third kappa shape index (κ3) is 2.47. The molecule has 2 rings (SSSR count). The van der Waals surface area contributed by atoms with E-state index in [-0.39, 0.29) is 0 Å². The lowest BCUT2D eigenvalue weighted by Crippen LogP contribution is -2.39. The Morgan fingerprint density at radius 2 is 1.81 bits per heavy atom. The van der Waals surface area contributed by atoms with Gasteiger partial charge in [0.2, 0.25) is 5.95 Å². The smallest absolute Gasteiger partial charge is 0.225 e. The highest BCUT2D eigenvalue weighted by molar-refractivity contribution is 5.29. The fraction of sp³-hybridized carbons (Fsp3) is 0.636. The number of hydrogen-bond donors (Lipinski definition) is 1. The summed E-state index contributed by atoms with van der Waals surface area (Å²) < 4.78 is 12.7. The molecule has 88 valence electrons. The third-order valence-corrected chi connectivity index (χ3v) is 3.21. The first kappa shape index (κ1) is 11.3. The summed E-state index contributed by atoms with van der Waals surface area (Å²) in [6.45, 7) is 0. The molecule has 1 aromatic rings. The number of anilines is 1. The second kappa shape index (κ2) is 4.74. The molecule has 0 aliphatic heterocycles. The topological polar surface area (TPSA) is 55.0 Å². The summed E-state index contributed by atoms with van der Waals surface area (Å²) in [6.07, 6.45) is 6.59. The Balaban J connectivity index is 2.01. The Kier molecular flexibility index (Phi) is 3.33. The van der Waals surface area contributed by atoms with Crippen LogP contribution in [0.5, 0.6) is 0 Å². The molecule has 0 radical (unpaired) electrons. The highest BCUT2D eigenvalue weighted by Gasteiger charge is 2.23. The molecule has 1 saturated carbocycles. The number of nitrogens with two attached hydrogens (primary N) is 1. The van der Waals surface area contributed by atoms with Crippen LogP contribution in [0.2, 0.25) is 0 Å². The number of hydrogen-bond acceptors (Lipinski definition) is 4. The van der Waals surface area contributed by atoms with Gasteiger partial charge < -0.3 is 10.6 Å². The van der Waals surface area contributed by atoms with E-state index in [0.29, 0.717) is 18.0 Å². The molecular formula is C11H17FN4. The zero-order valence-electron chi connectivity index (χ0n) is 9.43. The van der Waals surface area contributed by atoms with Gasteiger partial charge in [0.15, 0.2) is 5.82 Å². The van der Waals surface area contributed by atoms with Gasteiger partial charge in [-0.2, -0.15) is 0 Å². The second-order valence-corrected chi connectivity index (χ2v) is 4.38. The molecular weight excluding hydrogens is 207 g/mol. The van der Waals surface area contributed by atoms with Crippen LogP contribution < -0.4 is 10.6 Å². The van der Waals surface area contributed by atoms with Crippen molar-refractivity contribution in [2.75, 3.05) is 11.9 Å². The normalized spacial score (nSPS) is 25.4. The summed E-state index contributed by atoms with van der Waals surface area (Å²) in [7, 11) is 1.95. The van der Waals surface area contributed by atoms with E-state index in [1.165, 1.54) is 12.4 Å². The fourth-order valence-electron chi connectivity index (χ4n) is 2.14. The molecule has 0 spiro atoms. The Morgan fingerprint density at radius 1 is 1.25 bits per heavy atom. The fourth-order valence-corrected chi connectivity index (χ4v) is 2.14. The first-order chi connectivity index (χ1) is 7.66. The molecule has 1 aromatic heterocycles. The van der Waals surface area contributed by atoms with E-state index in [9.17, 15) is 4.39 Å². The van der Waals surface area contributed by atoms with E-state index < -0.39 is 5.82 Å². The summed E-state index contributed by atoms with van der Waals surface area (Å²) >= 11 is 0. The molecule has 0 bridgehead atoms. The van der Waals surface area contributed by atoms with Crippen LogP contribution in [0, 0.1) is 5.82 Å². The lowest BCUT2D eigenvalue weighted by molar-refractivity contribution is 0.382. The largest absolute Gasteiger partial charge is 0.341 e. The summed E-state index contributed by atoms with van der Waals surface area (Å²) in [5, 5.41) is 0. The summed E-state index contributed by atoms with van der Waals surface area (Å²) in [6, 6.07) is 0.754. The number of rotatable bonds is 2. The van der Waals surface area contributed by atoms with Crippen molar-refractivity contribution in [1.29, 1.82) is 0 Å². The summed E-state index contributed by atoms with van der Waals surface area (Å²) in [4.78, 5) is 9.98. The van der Waals surface area contributed by atoms with Crippen molar-refractivity contribution in [1.82, 2.24) is 9.97 Å². The third-order valence-electron chi connectivity index (χ3n) is 3.21. The first-order valence-electron chi connectivity index (χ1n) is 5.63. The molecule has 1 aliphatic rings. The van der Waals surface area contributed by atoms with Crippen molar-refractivity contribution in [2.24, 2.45) is 5.73 Å². The van der Waals surface area contributed by atoms with Crippen LogP contribution in [-0.4, -0.2) is 29.1 Å². The molecule has 1 aliphatic carbocycles. The quantitative estimate of drug-likeness (QED) is 0.823. The Morgan fingerprint density at radius 3 is 2.38 bits per heavy atom. The van der Waals surface area contributed by atoms with Crippen LogP contribution >= 0.6 is 0 Å². The second-order valence-electron chi connectivity index (χ2n) is 4.38. The monoisotopic (exact) mass is 224 g/mol. The van der Waals surface area contributed by atoms with Crippen LogP contribution in [0.15, 0.2) is 12.4 Å². The van der Waals surface area contributed by atoms with E-state index in [1.54, 1.807) is 0 Å². The van der Waals surface area contributed by atoms with Crippen molar-refractivity contribution in [2.45, 2.75) is 37.8 Å². The molecule has 16 heavy (non-hydrogen) atoms. The molecule has 0 aromatic carbocycles. The molecule has 1 fully saturated rings. The Bertz CT molecular complexity index is 332. The predicted molar refractivity (Wildman–Crippen MR) is 60.6 cm³/mol. The summed E-state index contributed by atoms with van der Waals surface area (Å²) in [5.74, 6) is 0.185. The maximum absolute atomic E-state index is 12.7. The molecule has 1 heterocycles. The first-order valence-corrected chi connectivity index (χ1v) is 5.63. The van der Waals surface area contributed by atoms with E-state index in [1.807, 2.05) is 11.9 Å². The van der Waals surface area contributed by atoms with Gasteiger partial charge in [-0.3, -0.25) is 0 Å². The number of halogens is 1. The van der Waals surface area contributed by atoms with Gasteiger partial charge in [0.25, 0.3) is 0 Å². The van der Waals surface area contributed by atoms with E-state index >= 15 is 0 Å². The minimum Gasteiger partial charge on any atom is -0.341 e. The van der Waals surface area contributed by atoms with Crippen molar-refractivity contribution in [3.63, 3.8) is 0 Å². The van der Waals surface area contributed by atoms with Crippen LogP contribution in [0.1, 0.15) is 25.7 Å². The SMILES string of the molecule is CN(c1ncc(F)cn1)C1CCC(N)CC1. The number of aromatic nitrogens is 2. The van der Waals surface area contributed by atoms with Gasteiger partial charge in [0.05, 0.1) is 12.4 Å². The highest BCUT2D eigenvalue weighted by atomic mass is 19.1. The van der Waals surface area contributed by atoms with Gasteiger partial charge in [-0.05, 0) is 25.7 Å². The predicted octanol–water partition coefficient (Wildman–Crippen LogP) is 1.32. The van der Waals surface area contributed by atoms with Gasteiger partial charge in [-0.15, -0.1) is 0 Å². The van der Waals surface area contributed by atoms with Gasteiger partial charge in [0, 0.05) is 19.1 Å². The van der Waals surface area contributed by atoms with Crippen LogP contribution in [-0.2, 0) is 0 Å². The van der Waals surface area contributed by atoms with Gasteiger partial charge >= 0.3 is 0 Å². The van der Waals surface area contributed by atoms with Crippen LogP contribution in [0.4, 0.5) is 10.3 Å². The maximum atomic E-state index is 12.7. The minimum absolute atomic E-state index is 0.332. The van der Waals surface area contributed by atoms with Crippen molar-refractivity contribution < 1.29 is 4.39 Å². The molecule has 5 heteroatoms. The van der Waals surface area contributed by atoms with Crippen molar-refractivity contribution >= 4 is 5.95 Å². The van der Waals surface area contributed by atoms with E-state index in [2.05, 4.69) is 9.97 Å². The minimum atomic E-state index is -0.400. The van der Waals surface area contributed by atoms with E-state index in [0.717, 1.165) is 25.7 Å². The number of nitrogens with zero attached hydrogens (tertiary/aromatic N) is 3. The zero-order chi connectivity index (χ0) is 11.5.